The predicted octanol–water partition coefficient (Wildman–Crippen LogP) is -0.688. The smallest absolute Gasteiger partial charge is 0.353 e. The topological polar surface area (TPSA) is 132 Å². The van der Waals surface area contributed by atoms with Crippen LogP contribution in [0.3, 0.4) is 0 Å². The van der Waals surface area contributed by atoms with Crippen LogP contribution in [-0.2, 0) is 4.79 Å². The van der Waals surface area contributed by atoms with Crippen LogP contribution in [0.2, 0.25) is 0 Å². The fourth-order valence-electron chi connectivity index (χ4n) is 0.921. The van der Waals surface area contributed by atoms with Crippen molar-refractivity contribution in [1.82, 2.24) is 15.5 Å². The summed E-state index contributed by atoms with van der Waals surface area (Å²) in [4.78, 5) is 31.9. The van der Waals surface area contributed by atoms with Gasteiger partial charge >= 0.3 is 11.9 Å². The molecule has 0 unspecified atom stereocenters. The van der Waals surface area contributed by atoms with E-state index in [4.69, 9.17) is 10.2 Å². The molecule has 0 atom stereocenters. The van der Waals surface area contributed by atoms with Crippen LogP contribution in [0.25, 0.3) is 0 Å². The second-order valence-electron chi connectivity index (χ2n) is 2.87. The Morgan fingerprint density at radius 3 is 2.56 bits per heavy atom. The molecule has 8 heteroatoms. The third kappa shape index (κ3) is 3.08. The SMILES string of the molecule is O=C(O)CCNC(=O)c1cc(C(=O)O)[nH]n1. The van der Waals surface area contributed by atoms with Gasteiger partial charge in [-0.2, -0.15) is 5.10 Å². The van der Waals surface area contributed by atoms with Crippen LogP contribution in [0, 0.1) is 0 Å². The summed E-state index contributed by atoms with van der Waals surface area (Å²) < 4.78 is 0. The Morgan fingerprint density at radius 1 is 1.38 bits per heavy atom. The number of amides is 1. The van der Waals surface area contributed by atoms with Crippen molar-refractivity contribution >= 4 is 17.8 Å². The standard InChI is InChI=1S/C8H9N3O5/c12-6(13)1-2-9-7(14)4-3-5(8(15)16)11-10-4/h3H,1-2H2,(H,9,14)(H,10,11)(H,12,13)(H,15,16). The maximum Gasteiger partial charge on any atom is 0.353 e. The molecule has 0 radical (unpaired) electrons. The van der Waals surface area contributed by atoms with Crippen LogP contribution in [0.4, 0.5) is 0 Å². The summed E-state index contributed by atoms with van der Waals surface area (Å²) >= 11 is 0. The van der Waals surface area contributed by atoms with E-state index in [0.717, 1.165) is 6.07 Å². The van der Waals surface area contributed by atoms with E-state index >= 15 is 0 Å². The number of carboxylic acid groups (broad SMARTS) is 2. The zero-order valence-corrected chi connectivity index (χ0v) is 8.06. The van der Waals surface area contributed by atoms with Gasteiger partial charge in [0.15, 0.2) is 5.69 Å². The highest BCUT2D eigenvalue weighted by Crippen LogP contribution is 1.99. The van der Waals surface area contributed by atoms with Gasteiger partial charge in [-0.25, -0.2) is 4.79 Å². The van der Waals surface area contributed by atoms with E-state index in [0.29, 0.717) is 0 Å². The zero-order chi connectivity index (χ0) is 12.1. The minimum absolute atomic E-state index is 0.0383. The van der Waals surface area contributed by atoms with Crippen LogP contribution in [0.15, 0.2) is 6.07 Å². The highest BCUT2D eigenvalue weighted by Gasteiger charge is 2.13. The Hall–Kier alpha value is -2.38. The van der Waals surface area contributed by atoms with Crippen LogP contribution >= 0.6 is 0 Å². The number of hydrogen-bond donors (Lipinski definition) is 4. The van der Waals surface area contributed by atoms with Gasteiger partial charge < -0.3 is 15.5 Å². The van der Waals surface area contributed by atoms with E-state index in [1.54, 1.807) is 0 Å². The summed E-state index contributed by atoms with van der Waals surface area (Å²) in [5.74, 6) is -2.88. The lowest BCUT2D eigenvalue weighted by atomic mass is 10.3. The molecule has 8 nitrogen and oxygen atoms in total. The number of aliphatic carboxylic acids is 1. The zero-order valence-electron chi connectivity index (χ0n) is 8.06. The number of aromatic carboxylic acids is 1. The van der Waals surface area contributed by atoms with Crippen molar-refractivity contribution in [1.29, 1.82) is 0 Å². The molecular formula is C8H9N3O5. The fraction of sp³-hybridized carbons (Fsp3) is 0.250. The van der Waals surface area contributed by atoms with Gasteiger partial charge in [-0.1, -0.05) is 0 Å². The number of aromatic nitrogens is 2. The first-order chi connectivity index (χ1) is 7.50. The first-order valence-electron chi connectivity index (χ1n) is 4.29. The van der Waals surface area contributed by atoms with Gasteiger partial charge in [0.2, 0.25) is 0 Å². The Kier molecular flexibility index (Phi) is 3.59. The molecule has 0 aliphatic rings. The van der Waals surface area contributed by atoms with Crippen LogP contribution in [-0.4, -0.2) is 44.8 Å². The molecule has 4 N–H and O–H groups in total. The molecule has 86 valence electrons. The fourth-order valence-corrected chi connectivity index (χ4v) is 0.921. The average Bonchev–Trinajstić information content (AvgIpc) is 2.65. The number of carboxylic acids is 2. The predicted molar refractivity (Wildman–Crippen MR) is 50.1 cm³/mol. The summed E-state index contributed by atoms with van der Waals surface area (Å²) in [6, 6.07) is 1.07. The molecule has 16 heavy (non-hydrogen) atoms. The Balaban J connectivity index is 2.53. The number of nitrogens with zero attached hydrogens (tertiary/aromatic N) is 1. The van der Waals surface area contributed by atoms with Gasteiger partial charge in [0.1, 0.15) is 5.69 Å². The number of H-pyrrole nitrogens is 1. The monoisotopic (exact) mass is 227 g/mol. The molecule has 0 saturated heterocycles. The van der Waals surface area contributed by atoms with E-state index in [9.17, 15) is 14.4 Å². The number of carbonyl (C=O) groups excluding carboxylic acids is 1. The molecule has 0 aliphatic carbocycles. The minimum Gasteiger partial charge on any atom is -0.481 e. The van der Waals surface area contributed by atoms with E-state index < -0.39 is 17.8 Å². The van der Waals surface area contributed by atoms with Gasteiger partial charge in [0.05, 0.1) is 6.42 Å². The maximum absolute atomic E-state index is 11.3. The molecule has 1 aromatic rings. The second kappa shape index (κ2) is 4.91. The Morgan fingerprint density at radius 2 is 2.06 bits per heavy atom. The molecule has 0 aromatic carbocycles. The number of hydrogen-bond acceptors (Lipinski definition) is 4. The number of carbonyl (C=O) groups is 3. The number of aromatic amines is 1. The molecular weight excluding hydrogens is 218 g/mol. The third-order valence-corrected chi connectivity index (χ3v) is 1.67. The lowest BCUT2D eigenvalue weighted by Crippen LogP contribution is -2.26. The number of nitrogens with one attached hydrogen (secondary N) is 2. The number of rotatable bonds is 5. The molecule has 1 amide bonds. The Bertz CT molecular complexity index is 425. The van der Waals surface area contributed by atoms with Crippen LogP contribution in [0.5, 0.6) is 0 Å². The summed E-state index contributed by atoms with van der Waals surface area (Å²) in [7, 11) is 0. The molecule has 1 aromatic heterocycles. The van der Waals surface area contributed by atoms with Crippen LogP contribution < -0.4 is 5.32 Å². The third-order valence-electron chi connectivity index (χ3n) is 1.67. The largest absolute Gasteiger partial charge is 0.481 e. The first-order valence-corrected chi connectivity index (χ1v) is 4.29. The average molecular weight is 227 g/mol. The van der Waals surface area contributed by atoms with Crippen molar-refractivity contribution in [3.8, 4) is 0 Å². The highest BCUT2D eigenvalue weighted by atomic mass is 16.4. The minimum atomic E-state index is -1.22. The van der Waals surface area contributed by atoms with Crippen LogP contribution in [0.1, 0.15) is 27.4 Å². The molecule has 0 spiro atoms. The summed E-state index contributed by atoms with van der Waals surface area (Å²) in [6.07, 6.45) is -0.206. The van der Waals surface area contributed by atoms with Gasteiger partial charge in [-0.15, -0.1) is 0 Å². The molecule has 0 aliphatic heterocycles. The van der Waals surface area contributed by atoms with E-state index in [-0.39, 0.29) is 24.4 Å². The molecule has 0 saturated carbocycles. The first kappa shape index (κ1) is 11.7. The van der Waals surface area contributed by atoms with Crippen molar-refractivity contribution in [2.24, 2.45) is 0 Å². The summed E-state index contributed by atoms with van der Waals surface area (Å²) in [5, 5.41) is 24.8. The quantitative estimate of drug-likeness (QED) is 0.526. The van der Waals surface area contributed by atoms with E-state index in [2.05, 4.69) is 15.5 Å². The summed E-state index contributed by atoms with van der Waals surface area (Å²) in [6.45, 7) is -0.0383. The van der Waals surface area contributed by atoms with E-state index in [1.165, 1.54) is 0 Å². The molecule has 1 heterocycles. The van der Waals surface area contributed by atoms with Crippen molar-refractivity contribution in [3.05, 3.63) is 17.5 Å². The van der Waals surface area contributed by atoms with Gasteiger partial charge in [-0.05, 0) is 0 Å². The van der Waals surface area contributed by atoms with Gasteiger partial charge in [0, 0.05) is 12.6 Å². The Labute approximate surface area is 89.3 Å². The normalized spacial score (nSPS) is 9.75. The maximum atomic E-state index is 11.3. The summed E-state index contributed by atoms with van der Waals surface area (Å²) in [5.41, 5.74) is -0.300. The van der Waals surface area contributed by atoms with Crippen molar-refractivity contribution in [3.63, 3.8) is 0 Å². The lowest BCUT2D eigenvalue weighted by molar-refractivity contribution is -0.136. The molecule has 0 bridgehead atoms. The van der Waals surface area contributed by atoms with Crippen molar-refractivity contribution in [2.75, 3.05) is 6.54 Å². The molecule has 0 fully saturated rings. The highest BCUT2D eigenvalue weighted by molar-refractivity contribution is 5.95. The molecule has 1 rings (SSSR count). The lowest BCUT2D eigenvalue weighted by Gasteiger charge is -1.98. The van der Waals surface area contributed by atoms with Crippen molar-refractivity contribution in [2.45, 2.75) is 6.42 Å². The second-order valence-corrected chi connectivity index (χ2v) is 2.87. The van der Waals surface area contributed by atoms with Crippen molar-refractivity contribution < 1.29 is 24.6 Å². The van der Waals surface area contributed by atoms with Gasteiger partial charge in [0.25, 0.3) is 5.91 Å². The van der Waals surface area contributed by atoms with Gasteiger partial charge in [-0.3, -0.25) is 14.7 Å². The van der Waals surface area contributed by atoms with E-state index in [1.807, 2.05) is 0 Å².